The van der Waals surface area contributed by atoms with E-state index in [0.717, 1.165) is 0 Å². The highest BCUT2D eigenvalue weighted by molar-refractivity contribution is 5.95. The molecule has 1 atom stereocenters. The number of anilines is 1. The Bertz CT molecular complexity index is 465. The monoisotopic (exact) mass is 279 g/mol. The molecule has 6 heteroatoms. The normalized spacial score (nSPS) is 18.9. The highest BCUT2D eigenvalue weighted by Gasteiger charge is 2.29. The van der Waals surface area contributed by atoms with Crippen LogP contribution in [-0.2, 0) is 9.59 Å². The summed E-state index contributed by atoms with van der Waals surface area (Å²) in [5.74, 6) is -0.443. The minimum Gasteiger partial charge on any atom is -0.337 e. The Hall–Kier alpha value is -1.95. The summed E-state index contributed by atoms with van der Waals surface area (Å²) in [5, 5.41) is 5.73. The number of halogens is 1. The maximum absolute atomic E-state index is 12.3. The number of piperazine rings is 1. The van der Waals surface area contributed by atoms with Gasteiger partial charge in [-0.05, 0) is 12.1 Å². The van der Waals surface area contributed by atoms with Crippen molar-refractivity contribution in [2.75, 3.05) is 31.6 Å². The number of benzene rings is 1. The predicted molar refractivity (Wildman–Crippen MR) is 74.0 cm³/mol. The predicted octanol–water partition coefficient (Wildman–Crippen LogP) is 0.785. The minimum atomic E-state index is -0.570. The molecule has 0 aromatic heterocycles. The molecule has 1 heterocycles. The lowest BCUT2D eigenvalue weighted by molar-refractivity contribution is -0.137. The summed E-state index contributed by atoms with van der Waals surface area (Å²) in [7, 11) is 0. The maximum Gasteiger partial charge on any atom is 0.240 e. The Morgan fingerprint density at radius 1 is 1.40 bits per heavy atom. The second-order valence-electron chi connectivity index (χ2n) is 4.64. The van der Waals surface area contributed by atoms with E-state index >= 15 is 0 Å². The fourth-order valence-corrected chi connectivity index (χ4v) is 2.19. The molecule has 2 rings (SSSR count). The van der Waals surface area contributed by atoms with Gasteiger partial charge in [0.05, 0.1) is 12.5 Å². The quantitative estimate of drug-likeness (QED) is 0.837. The number of carbonyl (C=O) groups excluding carboxylic acids is 2. The van der Waals surface area contributed by atoms with E-state index in [1.54, 1.807) is 12.1 Å². The first-order valence-corrected chi connectivity index (χ1v) is 6.63. The summed E-state index contributed by atoms with van der Waals surface area (Å²) in [6, 6.07) is 8.49. The van der Waals surface area contributed by atoms with Crippen molar-refractivity contribution >= 4 is 17.5 Å². The Morgan fingerprint density at radius 2 is 2.15 bits per heavy atom. The third-order valence-electron chi connectivity index (χ3n) is 3.18. The molecule has 1 saturated heterocycles. The van der Waals surface area contributed by atoms with E-state index in [-0.39, 0.29) is 24.8 Å². The third-order valence-corrected chi connectivity index (χ3v) is 3.18. The van der Waals surface area contributed by atoms with Gasteiger partial charge in [0.2, 0.25) is 11.8 Å². The van der Waals surface area contributed by atoms with Crippen LogP contribution in [0.4, 0.5) is 10.1 Å². The van der Waals surface area contributed by atoms with Gasteiger partial charge in [0.25, 0.3) is 0 Å². The molecule has 0 bridgehead atoms. The lowest BCUT2D eigenvalue weighted by Gasteiger charge is -2.32. The van der Waals surface area contributed by atoms with Crippen molar-refractivity contribution in [2.24, 2.45) is 0 Å². The zero-order chi connectivity index (χ0) is 14.4. The number of rotatable bonds is 5. The van der Waals surface area contributed by atoms with Gasteiger partial charge < -0.3 is 15.5 Å². The van der Waals surface area contributed by atoms with Crippen LogP contribution < -0.4 is 10.6 Å². The summed E-state index contributed by atoms with van der Waals surface area (Å²) in [6.45, 7) is 0.598. The number of nitrogens with zero attached hydrogens (tertiary/aromatic N) is 1. The van der Waals surface area contributed by atoms with Gasteiger partial charge in [0, 0.05) is 25.3 Å². The topological polar surface area (TPSA) is 61.4 Å². The summed E-state index contributed by atoms with van der Waals surface area (Å²) >= 11 is 0. The van der Waals surface area contributed by atoms with Gasteiger partial charge in [-0.1, -0.05) is 18.2 Å². The number of nitrogens with one attached hydrogen (secondary N) is 2. The first-order chi connectivity index (χ1) is 9.70. The van der Waals surface area contributed by atoms with Crippen LogP contribution in [0.5, 0.6) is 0 Å². The lowest BCUT2D eigenvalue weighted by Crippen LogP contribution is -2.56. The fourth-order valence-electron chi connectivity index (χ4n) is 2.19. The number of para-hydroxylation sites is 1. The molecule has 108 valence electrons. The summed E-state index contributed by atoms with van der Waals surface area (Å²) in [4.78, 5) is 25.4. The van der Waals surface area contributed by atoms with Crippen molar-refractivity contribution in [3.63, 3.8) is 0 Å². The summed E-state index contributed by atoms with van der Waals surface area (Å²) in [5.41, 5.74) is 0.696. The van der Waals surface area contributed by atoms with Crippen LogP contribution in [0, 0.1) is 0 Å². The minimum absolute atomic E-state index is 0.0521. The van der Waals surface area contributed by atoms with E-state index in [0.29, 0.717) is 18.8 Å². The molecule has 0 saturated carbocycles. The molecule has 1 aromatic carbocycles. The molecule has 0 aliphatic carbocycles. The highest BCUT2D eigenvalue weighted by Crippen LogP contribution is 2.09. The number of carbonyl (C=O) groups is 2. The van der Waals surface area contributed by atoms with Crippen LogP contribution in [0.25, 0.3) is 0 Å². The third kappa shape index (κ3) is 3.77. The molecule has 1 fully saturated rings. The molecule has 2 amide bonds. The highest BCUT2D eigenvalue weighted by atomic mass is 19.1. The van der Waals surface area contributed by atoms with Gasteiger partial charge in [-0.25, -0.2) is 4.39 Å². The van der Waals surface area contributed by atoms with Crippen LogP contribution in [0.15, 0.2) is 30.3 Å². The lowest BCUT2D eigenvalue weighted by atomic mass is 10.1. The average Bonchev–Trinajstić information content (AvgIpc) is 2.44. The standard InChI is InChI=1S/C14H18FN3O2/c15-6-8-18-9-7-16-12(14(18)20)10-13(19)17-11-4-2-1-3-5-11/h1-5,12,16H,6-10H2,(H,17,19). The number of hydrogen-bond acceptors (Lipinski definition) is 3. The van der Waals surface area contributed by atoms with Gasteiger partial charge in [-0.2, -0.15) is 0 Å². The smallest absolute Gasteiger partial charge is 0.240 e. The van der Waals surface area contributed by atoms with Crippen LogP contribution >= 0.6 is 0 Å². The van der Waals surface area contributed by atoms with E-state index in [2.05, 4.69) is 10.6 Å². The molecular weight excluding hydrogens is 261 g/mol. The van der Waals surface area contributed by atoms with E-state index in [4.69, 9.17) is 0 Å². The first kappa shape index (κ1) is 14.5. The van der Waals surface area contributed by atoms with Gasteiger partial charge in [-0.3, -0.25) is 9.59 Å². The van der Waals surface area contributed by atoms with E-state index in [9.17, 15) is 14.0 Å². The van der Waals surface area contributed by atoms with E-state index < -0.39 is 12.7 Å². The SMILES string of the molecule is O=C(CC1NCCN(CCF)C1=O)Nc1ccccc1. The second kappa shape index (κ2) is 7.00. The second-order valence-corrected chi connectivity index (χ2v) is 4.64. The van der Waals surface area contributed by atoms with Gasteiger partial charge in [0.1, 0.15) is 6.67 Å². The summed E-state index contributed by atoms with van der Waals surface area (Å²) in [6.07, 6.45) is 0.0521. The van der Waals surface area contributed by atoms with Crippen molar-refractivity contribution in [3.8, 4) is 0 Å². The van der Waals surface area contributed by atoms with Gasteiger partial charge >= 0.3 is 0 Å². The maximum atomic E-state index is 12.3. The van der Waals surface area contributed by atoms with Gasteiger partial charge in [0.15, 0.2) is 0 Å². The Kier molecular flexibility index (Phi) is 5.06. The zero-order valence-corrected chi connectivity index (χ0v) is 11.1. The zero-order valence-electron chi connectivity index (χ0n) is 11.1. The van der Waals surface area contributed by atoms with Crippen molar-refractivity contribution < 1.29 is 14.0 Å². The molecule has 1 unspecified atom stereocenters. The molecule has 1 aliphatic rings. The van der Waals surface area contributed by atoms with Gasteiger partial charge in [-0.15, -0.1) is 0 Å². The van der Waals surface area contributed by atoms with E-state index in [1.165, 1.54) is 4.90 Å². The average molecular weight is 279 g/mol. The molecule has 1 aliphatic heterocycles. The largest absolute Gasteiger partial charge is 0.337 e. The van der Waals surface area contributed by atoms with Crippen molar-refractivity contribution in [3.05, 3.63) is 30.3 Å². The molecular formula is C14H18FN3O2. The Morgan fingerprint density at radius 3 is 2.85 bits per heavy atom. The fraction of sp³-hybridized carbons (Fsp3) is 0.429. The van der Waals surface area contributed by atoms with Crippen molar-refractivity contribution in [2.45, 2.75) is 12.5 Å². The number of amides is 2. The Balaban J connectivity index is 1.88. The van der Waals surface area contributed by atoms with Crippen molar-refractivity contribution in [1.82, 2.24) is 10.2 Å². The van der Waals surface area contributed by atoms with Crippen LogP contribution in [0.2, 0.25) is 0 Å². The van der Waals surface area contributed by atoms with Crippen LogP contribution in [0.1, 0.15) is 6.42 Å². The van der Waals surface area contributed by atoms with Crippen LogP contribution in [-0.4, -0.2) is 49.1 Å². The van der Waals surface area contributed by atoms with E-state index in [1.807, 2.05) is 18.2 Å². The first-order valence-electron chi connectivity index (χ1n) is 6.63. The molecule has 20 heavy (non-hydrogen) atoms. The molecule has 0 spiro atoms. The number of alkyl halides is 1. The Labute approximate surface area is 117 Å². The molecule has 2 N–H and O–H groups in total. The summed E-state index contributed by atoms with van der Waals surface area (Å²) < 4.78 is 12.3. The number of hydrogen-bond donors (Lipinski definition) is 2. The molecule has 1 aromatic rings. The van der Waals surface area contributed by atoms with Crippen molar-refractivity contribution in [1.29, 1.82) is 0 Å². The van der Waals surface area contributed by atoms with Crippen LogP contribution in [0.3, 0.4) is 0 Å². The molecule has 0 radical (unpaired) electrons. The molecule has 5 nitrogen and oxygen atoms in total.